The third kappa shape index (κ3) is 3.79. The first-order valence-corrected chi connectivity index (χ1v) is 6.79. The van der Waals surface area contributed by atoms with Gasteiger partial charge in [0.25, 0.3) is 0 Å². The highest BCUT2D eigenvalue weighted by atomic mass is 19.1. The van der Waals surface area contributed by atoms with E-state index in [2.05, 4.69) is 17.3 Å². The van der Waals surface area contributed by atoms with Gasteiger partial charge in [-0.25, -0.2) is 4.39 Å². The fourth-order valence-electron chi connectivity index (χ4n) is 2.51. The van der Waals surface area contributed by atoms with Gasteiger partial charge in [0.2, 0.25) is 0 Å². The van der Waals surface area contributed by atoms with Crippen LogP contribution in [0.5, 0.6) is 0 Å². The Morgan fingerprint density at radius 1 is 1.33 bits per heavy atom. The van der Waals surface area contributed by atoms with Crippen LogP contribution in [0.4, 0.5) is 4.39 Å². The molecule has 0 bridgehead atoms. The van der Waals surface area contributed by atoms with Crippen LogP contribution in [0.3, 0.4) is 0 Å². The highest BCUT2D eigenvalue weighted by Gasteiger charge is 2.15. The molecule has 18 heavy (non-hydrogen) atoms. The van der Waals surface area contributed by atoms with Crippen LogP contribution < -0.4 is 5.32 Å². The maximum Gasteiger partial charge on any atom is 0.123 e. The number of rotatable bonds is 4. The van der Waals surface area contributed by atoms with Gasteiger partial charge in [-0.05, 0) is 75.6 Å². The zero-order valence-electron chi connectivity index (χ0n) is 11.4. The molecule has 1 aliphatic rings. The average molecular weight is 250 g/mol. The van der Waals surface area contributed by atoms with Gasteiger partial charge in [0.1, 0.15) is 5.82 Å². The van der Waals surface area contributed by atoms with Crippen LogP contribution in [-0.4, -0.2) is 31.6 Å². The second-order valence-electron chi connectivity index (χ2n) is 5.45. The molecule has 100 valence electrons. The number of nitrogens with zero attached hydrogens (tertiary/aromatic N) is 1. The van der Waals surface area contributed by atoms with Gasteiger partial charge in [-0.1, -0.05) is 6.07 Å². The first kappa shape index (κ1) is 13.5. The Labute approximate surface area is 109 Å². The summed E-state index contributed by atoms with van der Waals surface area (Å²) in [5.41, 5.74) is 2.23. The highest BCUT2D eigenvalue weighted by Crippen LogP contribution is 2.15. The van der Waals surface area contributed by atoms with E-state index in [-0.39, 0.29) is 5.82 Å². The number of piperidine rings is 1. The van der Waals surface area contributed by atoms with Crippen molar-refractivity contribution in [2.24, 2.45) is 5.92 Å². The van der Waals surface area contributed by atoms with Gasteiger partial charge < -0.3 is 10.2 Å². The molecule has 1 aromatic rings. The van der Waals surface area contributed by atoms with E-state index < -0.39 is 0 Å². The smallest absolute Gasteiger partial charge is 0.123 e. The normalized spacial score (nSPS) is 18.2. The van der Waals surface area contributed by atoms with E-state index in [0.717, 1.165) is 30.1 Å². The molecule has 1 heterocycles. The number of likely N-dealkylation sites (tertiary alicyclic amines) is 1. The monoisotopic (exact) mass is 250 g/mol. The number of hydrogen-bond donors (Lipinski definition) is 1. The average Bonchev–Trinajstić information content (AvgIpc) is 2.36. The van der Waals surface area contributed by atoms with Gasteiger partial charge in [0.15, 0.2) is 0 Å². The lowest BCUT2D eigenvalue weighted by Gasteiger charge is -2.29. The second-order valence-corrected chi connectivity index (χ2v) is 5.45. The fraction of sp³-hybridized carbons (Fsp3) is 0.600. The van der Waals surface area contributed by atoms with Crippen LogP contribution in [0, 0.1) is 18.7 Å². The van der Waals surface area contributed by atoms with Gasteiger partial charge in [-0.15, -0.1) is 0 Å². The van der Waals surface area contributed by atoms with Crippen LogP contribution in [-0.2, 0) is 6.54 Å². The number of halogens is 1. The van der Waals surface area contributed by atoms with E-state index in [1.165, 1.54) is 32.0 Å². The molecule has 2 nitrogen and oxygen atoms in total. The van der Waals surface area contributed by atoms with Crippen molar-refractivity contribution < 1.29 is 4.39 Å². The van der Waals surface area contributed by atoms with Crippen molar-refractivity contribution in [1.82, 2.24) is 10.2 Å². The summed E-state index contributed by atoms with van der Waals surface area (Å²) in [5, 5.41) is 3.47. The van der Waals surface area contributed by atoms with Gasteiger partial charge in [0.05, 0.1) is 0 Å². The van der Waals surface area contributed by atoms with E-state index in [1.54, 1.807) is 6.07 Å². The molecule has 0 radical (unpaired) electrons. The van der Waals surface area contributed by atoms with Crippen molar-refractivity contribution in [3.05, 3.63) is 35.1 Å². The molecule has 0 saturated carbocycles. The zero-order chi connectivity index (χ0) is 13.0. The molecule has 1 aromatic carbocycles. The molecule has 0 aromatic heterocycles. The lowest BCUT2D eigenvalue weighted by atomic mass is 9.97. The number of hydrogen-bond acceptors (Lipinski definition) is 2. The summed E-state index contributed by atoms with van der Waals surface area (Å²) in [6.45, 7) is 6.25. The van der Waals surface area contributed by atoms with E-state index >= 15 is 0 Å². The maximum atomic E-state index is 13.1. The minimum Gasteiger partial charge on any atom is -0.312 e. The zero-order valence-corrected chi connectivity index (χ0v) is 11.4. The summed E-state index contributed by atoms with van der Waals surface area (Å²) in [6, 6.07) is 5.01. The van der Waals surface area contributed by atoms with Crippen LogP contribution in [0.15, 0.2) is 18.2 Å². The Bertz CT molecular complexity index is 384. The van der Waals surface area contributed by atoms with Crippen LogP contribution >= 0.6 is 0 Å². The summed E-state index contributed by atoms with van der Waals surface area (Å²) in [5.74, 6) is 0.631. The first-order chi connectivity index (χ1) is 8.65. The lowest BCUT2D eigenvalue weighted by Crippen LogP contribution is -2.34. The summed E-state index contributed by atoms with van der Waals surface area (Å²) in [7, 11) is 2.18. The van der Waals surface area contributed by atoms with E-state index in [4.69, 9.17) is 0 Å². The summed E-state index contributed by atoms with van der Waals surface area (Å²) < 4.78 is 13.1. The Morgan fingerprint density at radius 3 is 2.78 bits per heavy atom. The Kier molecular flexibility index (Phi) is 4.72. The number of aryl methyl sites for hydroxylation is 1. The minimum absolute atomic E-state index is 0.142. The number of nitrogens with one attached hydrogen (secondary N) is 1. The standard InChI is InChI=1S/C15H23FN2/c1-12-3-4-15(16)9-14(12)11-17-10-13-5-7-18(2)8-6-13/h3-4,9,13,17H,5-8,10-11H2,1-2H3. The highest BCUT2D eigenvalue weighted by molar-refractivity contribution is 5.26. The molecule has 0 unspecified atom stereocenters. The molecule has 3 heteroatoms. The molecular formula is C15H23FN2. The predicted molar refractivity (Wildman–Crippen MR) is 73.1 cm³/mol. The van der Waals surface area contributed by atoms with Crippen molar-refractivity contribution in [3.8, 4) is 0 Å². The molecule has 2 rings (SSSR count). The van der Waals surface area contributed by atoms with Crippen molar-refractivity contribution in [2.45, 2.75) is 26.3 Å². The molecular weight excluding hydrogens is 227 g/mol. The topological polar surface area (TPSA) is 15.3 Å². The Balaban J connectivity index is 1.76. The third-order valence-electron chi connectivity index (χ3n) is 3.90. The molecule has 0 aliphatic carbocycles. The van der Waals surface area contributed by atoms with E-state index in [0.29, 0.717) is 0 Å². The van der Waals surface area contributed by atoms with Crippen LogP contribution in [0.1, 0.15) is 24.0 Å². The molecule has 1 saturated heterocycles. The second kappa shape index (κ2) is 6.30. The maximum absolute atomic E-state index is 13.1. The van der Waals surface area contributed by atoms with E-state index in [1.807, 2.05) is 13.0 Å². The minimum atomic E-state index is -0.142. The molecule has 0 spiro atoms. The van der Waals surface area contributed by atoms with Crippen LogP contribution in [0.25, 0.3) is 0 Å². The quantitative estimate of drug-likeness (QED) is 0.883. The van der Waals surface area contributed by atoms with Crippen molar-refractivity contribution >= 4 is 0 Å². The lowest BCUT2D eigenvalue weighted by molar-refractivity contribution is 0.216. The first-order valence-electron chi connectivity index (χ1n) is 6.79. The van der Waals surface area contributed by atoms with Crippen molar-refractivity contribution in [2.75, 3.05) is 26.7 Å². The fourth-order valence-corrected chi connectivity index (χ4v) is 2.51. The molecule has 1 fully saturated rings. The van der Waals surface area contributed by atoms with Gasteiger partial charge >= 0.3 is 0 Å². The van der Waals surface area contributed by atoms with Crippen LogP contribution in [0.2, 0.25) is 0 Å². The Hall–Kier alpha value is -0.930. The summed E-state index contributed by atoms with van der Waals surface area (Å²) in [4.78, 5) is 2.38. The van der Waals surface area contributed by atoms with Gasteiger partial charge in [-0.2, -0.15) is 0 Å². The SMILES string of the molecule is Cc1ccc(F)cc1CNCC1CCN(C)CC1. The third-order valence-corrected chi connectivity index (χ3v) is 3.90. The van der Waals surface area contributed by atoms with Crippen molar-refractivity contribution in [1.29, 1.82) is 0 Å². The predicted octanol–water partition coefficient (Wildman–Crippen LogP) is 2.57. The number of benzene rings is 1. The van der Waals surface area contributed by atoms with Gasteiger partial charge in [0, 0.05) is 6.54 Å². The molecule has 1 aliphatic heterocycles. The van der Waals surface area contributed by atoms with Gasteiger partial charge in [-0.3, -0.25) is 0 Å². The summed E-state index contributed by atoms with van der Waals surface area (Å²) in [6.07, 6.45) is 2.54. The molecule has 0 amide bonds. The summed E-state index contributed by atoms with van der Waals surface area (Å²) >= 11 is 0. The Morgan fingerprint density at radius 2 is 2.06 bits per heavy atom. The largest absolute Gasteiger partial charge is 0.312 e. The van der Waals surface area contributed by atoms with E-state index in [9.17, 15) is 4.39 Å². The molecule has 0 atom stereocenters. The molecule has 1 N–H and O–H groups in total. The van der Waals surface area contributed by atoms with Crippen molar-refractivity contribution in [3.63, 3.8) is 0 Å².